The number of likely N-dealkylation sites (N-methyl/N-ethyl adjacent to an activating group) is 1. The summed E-state index contributed by atoms with van der Waals surface area (Å²) >= 11 is 0. The molecule has 0 spiro atoms. The molecule has 0 bridgehead atoms. The summed E-state index contributed by atoms with van der Waals surface area (Å²) in [5.74, 6) is 1.71. The number of methoxy groups -OCH3 is 1. The van der Waals surface area contributed by atoms with Crippen molar-refractivity contribution in [1.82, 2.24) is 20.0 Å². The van der Waals surface area contributed by atoms with Gasteiger partial charge in [0.05, 0.1) is 20.3 Å². The molecule has 3 rings (SSSR count). The molecule has 0 aliphatic carbocycles. The number of guanidine groups is 1. The Morgan fingerprint density at radius 1 is 1.09 bits per heavy atom. The number of hydrogen-bond acceptors (Lipinski definition) is 6. The first-order valence-corrected chi connectivity index (χ1v) is 11.5. The number of piperazine rings is 1. The summed E-state index contributed by atoms with van der Waals surface area (Å²) in [7, 11) is 5.21. The van der Waals surface area contributed by atoms with E-state index in [4.69, 9.17) is 9.47 Å². The number of morpholine rings is 1. The Labute approximate surface area is 191 Å². The highest BCUT2D eigenvalue weighted by molar-refractivity contribution is 5.85. The van der Waals surface area contributed by atoms with Gasteiger partial charge < -0.3 is 29.5 Å². The van der Waals surface area contributed by atoms with E-state index in [1.165, 1.54) is 5.69 Å². The van der Waals surface area contributed by atoms with Gasteiger partial charge >= 0.3 is 0 Å². The zero-order chi connectivity index (χ0) is 22.8. The van der Waals surface area contributed by atoms with Gasteiger partial charge in [0.25, 0.3) is 0 Å². The Morgan fingerprint density at radius 2 is 1.78 bits per heavy atom. The molecule has 0 radical (unpaired) electrons. The predicted octanol–water partition coefficient (Wildman–Crippen LogP) is 0.573. The molecule has 32 heavy (non-hydrogen) atoms. The van der Waals surface area contributed by atoms with E-state index < -0.39 is 0 Å². The summed E-state index contributed by atoms with van der Waals surface area (Å²) < 4.78 is 10.7. The number of benzene rings is 1. The van der Waals surface area contributed by atoms with Crippen LogP contribution >= 0.6 is 0 Å². The zero-order valence-electron chi connectivity index (χ0n) is 19.8. The molecule has 0 aromatic heterocycles. The van der Waals surface area contributed by atoms with Crippen LogP contribution in [0.1, 0.15) is 6.42 Å². The Kier molecular flexibility index (Phi) is 9.43. The monoisotopic (exact) mass is 446 g/mol. The van der Waals surface area contributed by atoms with E-state index in [-0.39, 0.29) is 12.5 Å². The predicted molar refractivity (Wildman–Crippen MR) is 128 cm³/mol. The standard InChI is InChI=1S/C23H38N6O3/c1-26(2)22(30)19-25-23(24-9-4-10-27-15-17-32-18-16-27)29-13-11-28(12-14-29)20-5-7-21(31-3)8-6-20/h5-8H,4,9-19H2,1-3H3,(H,24,25). The third kappa shape index (κ3) is 7.27. The van der Waals surface area contributed by atoms with Crippen molar-refractivity contribution in [3.05, 3.63) is 24.3 Å². The van der Waals surface area contributed by atoms with Crippen LogP contribution in [0, 0.1) is 0 Å². The van der Waals surface area contributed by atoms with Gasteiger partial charge in [-0.1, -0.05) is 0 Å². The van der Waals surface area contributed by atoms with Crippen LogP contribution < -0.4 is 15.0 Å². The van der Waals surface area contributed by atoms with Crippen LogP contribution in [-0.4, -0.2) is 120 Å². The second-order valence-corrected chi connectivity index (χ2v) is 8.33. The minimum absolute atomic E-state index is 0.00878. The molecule has 1 amide bonds. The molecule has 0 atom stereocenters. The molecule has 1 aromatic rings. The van der Waals surface area contributed by atoms with Crippen molar-refractivity contribution in [1.29, 1.82) is 0 Å². The molecule has 1 N–H and O–H groups in total. The number of amides is 1. The molecule has 0 saturated carbocycles. The Balaban J connectivity index is 1.52. The van der Waals surface area contributed by atoms with Crippen LogP contribution in [-0.2, 0) is 9.53 Å². The number of aliphatic imine (C=N–C) groups is 1. The lowest BCUT2D eigenvalue weighted by atomic mass is 10.2. The van der Waals surface area contributed by atoms with Gasteiger partial charge in [-0.2, -0.15) is 0 Å². The average molecular weight is 447 g/mol. The number of rotatable bonds is 8. The number of carbonyl (C=O) groups excluding carboxylic acids is 1. The molecule has 2 fully saturated rings. The number of carbonyl (C=O) groups is 1. The second kappa shape index (κ2) is 12.5. The van der Waals surface area contributed by atoms with E-state index >= 15 is 0 Å². The van der Waals surface area contributed by atoms with Gasteiger partial charge in [-0.05, 0) is 37.2 Å². The van der Waals surface area contributed by atoms with Crippen LogP contribution in [0.2, 0.25) is 0 Å². The third-order valence-electron chi connectivity index (χ3n) is 5.92. The van der Waals surface area contributed by atoms with Crippen molar-refractivity contribution in [3.8, 4) is 5.75 Å². The summed E-state index contributed by atoms with van der Waals surface area (Å²) in [4.78, 5) is 25.4. The maximum atomic E-state index is 12.1. The minimum Gasteiger partial charge on any atom is -0.497 e. The number of hydrogen-bond donors (Lipinski definition) is 1. The summed E-state index contributed by atoms with van der Waals surface area (Å²) in [5.41, 5.74) is 1.20. The van der Waals surface area contributed by atoms with Crippen molar-refractivity contribution in [2.24, 2.45) is 4.99 Å². The zero-order valence-corrected chi connectivity index (χ0v) is 19.8. The van der Waals surface area contributed by atoms with E-state index in [1.54, 1.807) is 26.1 Å². The van der Waals surface area contributed by atoms with Gasteiger partial charge in [-0.15, -0.1) is 0 Å². The summed E-state index contributed by atoms with van der Waals surface area (Å²) in [5, 5.41) is 3.51. The van der Waals surface area contributed by atoms with Crippen LogP contribution in [0.3, 0.4) is 0 Å². The molecular formula is C23H38N6O3. The summed E-state index contributed by atoms with van der Waals surface area (Å²) in [6.07, 6.45) is 1.03. The molecule has 2 heterocycles. The largest absolute Gasteiger partial charge is 0.497 e. The van der Waals surface area contributed by atoms with Crippen LogP contribution in [0.4, 0.5) is 5.69 Å². The molecule has 1 aromatic carbocycles. The number of nitrogens with one attached hydrogen (secondary N) is 1. The topological polar surface area (TPSA) is 72.9 Å². The fraction of sp³-hybridized carbons (Fsp3) is 0.652. The number of ether oxygens (including phenoxy) is 2. The quantitative estimate of drug-likeness (QED) is 0.356. The van der Waals surface area contributed by atoms with Crippen molar-refractivity contribution in [2.75, 3.05) is 98.2 Å². The van der Waals surface area contributed by atoms with Gasteiger partial charge in [0.2, 0.25) is 5.91 Å². The average Bonchev–Trinajstić information content (AvgIpc) is 2.84. The number of nitrogens with zero attached hydrogens (tertiary/aromatic N) is 5. The highest BCUT2D eigenvalue weighted by Gasteiger charge is 2.20. The van der Waals surface area contributed by atoms with E-state index in [0.29, 0.717) is 0 Å². The minimum atomic E-state index is 0.00878. The molecule has 9 heteroatoms. The van der Waals surface area contributed by atoms with Crippen molar-refractivity contribution in [3.63, 3.8) is 0 Å². The molecular weight excluding hydrogens is 408 g/mol. The van der Waals surface area contributed by atoms with Gasteiger partial charge in [-0.25, -0.2) is 4.99 Å². The van der Waals surface area contributed by atoms with Gasteiger partial charge in [0, 0.05) is 65.6 Å². The summed E-state index contributed by atoms with van der Waals surface area (Å²) in [6, 6.07) is 8.20. The van der Waals surface area contributed by atoms with E-state index in [9.17, 15) is 4.79 Å². The van der Waals surface area contributed by atoms with Crippen molar-refractivity contribution in [2.45, 2.75) is 6.42 Å². The van der Waals surface area contributed by atoms with E-state index in [1.807, 2.05) is 12.1 Å². The smallest absolute Gasteiger partial charge is 0.243 e. The van der Waals surface area contributed by atoms with Crippen LogP contribution in [0.5, 0.6) is 5.75 Å². The first-order valence-electron chi connectivity index (χ1n) is 11.5. The van der Waals surface area contributed by atoms with Gasteiger partial charge in [0.1, 0.15) is 12.3 Å². The fourth-order valence-electron chi connectivity index (χ4n) is 3.85. The second-order valence-electron chi connectivity index (χ2n) is 8.33. The van der Waals surface area contributed by atoms with Crippen LogP contribution in [0.25, 0.3) is 0 Å². The van der Waals surface area contributed by atoms with E-state index in [2.05, 4.69) is 37.1 Å². The lowest BCUT2D eigenvalue weighted by Crippen LogP contribution is -2.53. The third-order valence-corrected chi connectivity index (χ3v) is 5.92. The maximum Gasteiger partial charge on any atom is 0.243 e. The Bertz CT molecular complexity index is 726. The summed E-state index contributed by atoms with van der Waals surface area (Å²) in [6.45, 7) is 9.24. The molecule has 2 aliphatic rings. The van der Waals surface area contributed by atoms with Gasteiger partial charge in [-0.3, -0.25) is 9.69 Å². The Hall–Kier alpha value is -2.52. The lowest BCUT2D eigenvalue weighted by molar-refractivity contribution is -0.127. The van der Waals surface area contributed by atoms with Crippen molar-refractivity contribution < 1.29 is 14.3 Å². The molecule has 2 saturated heterocycles. The first kappa shape index (κ1) is 24.1. The molecule has 0 unspecified atom stereocenters. The van der Waals surface area contributed by atoms with E-state index in [0.717, 1.165) is 83.7 Å². The maximum absolute atomic E-state index is 12.1. The lowest BCUT2D eigenvalue weighted by Gasteiger charge is -2.38. The van der Waals surface area contributed by atoms with Crippen molar-refractivity contribution >= 4 is 17.6 Å². The molecule has 9 nitrogen and oxygen atoms in total. The number of anilines is 1. The molecule has 2 aliphatic heterocycles. The SMILES string of the molecule is COc1ccc(N2CCN(C(=NCC(=O)N(C)C)NCCCN3CCOCC3)CC2)cc1. The highest BCUT2D eigenvalue weighted by Crippen LogP contribution is 2.20. The Morgan fingerprint density at radius 3 is 2.41 bits per heavy atom. The normalized spacial score (nSPS) is 17.9. The first-order chi connectivity index (χ1) is 15.6. The van der Waals surface area contributed by atoms with Gasteiger partial charge in [0.15, 0.2) is 5.96 Å². The molecule has 178 valence electrons. The fourth-order valence-corrected chi connectivity index (χ4v) is 3.85. The highest BCUT2D eigenvalue weighted by atomic mass is 16.5. The van der Waals surface area contributed by atoms with Crippen LogP contribution in [0.15, 0.2) is 29.3 Å².